The lowest BCUT2D eigenvalue weighted by Crippen LogP contribution is -2.43. The number of aliphatic hydroxyl groups excluding tert-OH is 1. The predicted molar refractivity (Wildman–Crippen MR) is 60.0 cm³/mol. The molecular formula is C10H10N2O5S. The molecule has 0 heterocycles. The van der Waals surface area contributed by atoms with Crippen molar-refractivity contribution in [3.8, 4) is 6.07 Å². The van der Waals surface area contributed by atoms with Crippen LogP contribution in [0.15, 0.2) is 29.2 Å². The van der Waals surface area contributed by atoms with E-state index in [-0.39, 0.29) is 10.5 Å². The first-order chi connectivity index (χ1) is 8.42. The Labute approximate surface area is 103 Å². The van der Waals surface area contributed by atoms with Gasteiger partial charge in [-0.15, -0.1) is 0 Å². The molecule has 1 aromatic carbocycles. The summed E-state index contributed by atoms with van der Waals surface area (Å²) in [6, 6.07) is 5.41. The Hall–Kier alpha value is -1.95. The molecule has 3 N–H and O–H groups in total. The Morgan fingerprint density at radius 1 is 1.44 bits per heavy atom. The van der Waals surface area contributed by atoms with Gasteiger partial charge in [0.25, 0.3) is 0 Å². The predicted octanol–water partition coefficient (Wildman–Crippen LogP) is -0.718. The molecule has 18 heavy (non-hydrogen) atoms. The fourth-order valence-corrected chi connectivity index (χ4v) is 2.55. The van der Waals surface area contributed by atoms with E-state index in [2.05, 4.69) is 0 Å². The first-order valence-corrected chi connectivity index (χ1v) is 6.26. The summed E-state index contributed by atoms with van der Waals surface area (Å²) in [4.78, 5) is 10.3. The number of nitriles is 1. The number of rotatable bonds is 5. The third-order valence-corrected chi connectivity index (χ3v) is 3.60. The summed E-state index contributed by atoms with van der Waals surface area (Å²) in [6.45, 7) is -0.886. The number of carboxylic acids is 1. The van der Waals surface area contributed by atoms with Crippen LogP contribution in [0.4, 0.5) is 0 Å². The quantitative estimate of drug-likeness (QED) is 0.648. The Morgan fingerprint density at radius 2 is 2.06 bits per heavy atom. The molecule has 8 heteroatoms. The van der Waals surface area contributed by atoms with Gasteiger partial charge >= 0.3 is 5.97 Å². The summed E-state index contributed by atoms with van der Waals surface area (Å²) in [5.74, 6) is -1.50. The highest BCUT2D eigenvalue weighted by atomic mass is 32.2. The molecule has 0 saturated heterocycles. The molecular weight excluding hydrogens is 260 g/mol. The number of nitrogens with zero attached hydrogens (tertiary/aromatic N) is 1. The van der Waals surface area contributed by atoms with Crippen molar-refractivity contribution in [3.63, 3.8) is 0 Å². The molecule has 1 rings (SSSR count). The smallest absolute Gasteiger partial charge is 0.324 e. The molecule has 0 fully saturated rings. The van der Waals surface area contributed by atoms with Gasteiger partial charge in [-0.25, -0.2) is 8.42 Å². The van der Waals surface area contributed by atoms with Crippen LogP contribution >= 0.6 is 0 Å². The van der Waals surface area contributed by atoms with Crippen LogP contribution in [-0.2, 0) is 14.8 Å². The molecule has 1 aromatic rings. The summed E-state index contributed by atoms with van der Waals surface area (Å²) in [7, 11) is -4.17. The average molecular weight is 270 g/mol. The molecule has 0 aliphatic rings. The van der Waals surface area contributed by atoms with Crippen LogP contribution < -0.4 is 4.72 Å². The van der Waals surface area contributed by atoms with Crippen molar-refractivity contribution in [1.82, 2.24) is 4.72 Å². The summed E-state index contributed by atoms with van der Waals surface area (Å²) in [5, 5.41) is 26.2. The lowest BCUT2D eigenvalue weighted by atomic mass is 10.2. The van der Waals surface area contributed by atoms with Crippen molar-refractivity contribution < 1.29 is 23.4 Å². The number of aliphatic hydroxyl groups is 1. The van der Waals surface area contributed by atoms with Gasteiger partial charge in [0, 0.05) is 0 Å². The van der Waals surface area contributed by atoms with Gasteiger partial charge in [-0.1, -0.05) is 12.1 Å². The second kappa shape index (κ2) is 5.59. The SMILES string of the molecule is N#Cc1ccccc1S(=O)(=O)N[C@H](CO)C(=O)O. The second-order valence-corrected chi connectivity index (χ2v) is 4.99. The maximum absolute atomic E-state index is 11.8. The Morgan fingerprint density at radius 3 is 2.56 bits per heavy atom. The van der Waals surface area contributed by atoms with Crippen molar-refractivity contribution in [1.29, 1.82) is 5.26 Å². The van der Waals surface area contributed by atoms with Gasteiger partial charge in [-0.2, -0.15) is 9.98 Å². The highest BCUT2D eigenvalue weighted by Crippen LogP contribution is 2.14. The van der Waals surface area contributed by atoms with Gasteiger partial charge in [-0.05, 0) is 12.1 Å². The zero-order chi connectivity index (χ0) is 13.8. The van der Waals surface area contributed by atoms with Crippen LogP contribution in [-0.4, -0.2) is 37.2 Å². The van der Waals surface area contributed by atoms with Crippen molar-refractivity contribution in [2.75, 3.05) is 6.61 Å². The third-order valence-electron chi connectivity index (χ3n) is 2.08. The lowest BCUT2D eigenvalue weighted by Gasteiger charge is -2.12. The maximum Gasteiger partial charge on any atom is 0.324 e. The Balaban J connectivity index is 3.15. The number of aliphatic carboxylic acids is 1. The van der Waals surface area contributed by atoms with Gasteiger partial charge < -0.3 is 10.2 Å². The molecule has 0 unspecified atom stereocenters. The lowest BCUT2D eigenvalue weighted by molar-refractivity contribution is -0.139. The summed E-state index contributed by atoms with van der Waals surface area (Å²) in [6.07, 6.45) is 0. The number of sulfonamides is 1. The van der Waals surface area contributed by atoms with E-state index in [1.807, 2.05) is 0 Å². The van der Waals surface area contributed by atoms with E-state index in [4.69, 9.17) is 15.5 Å². The minimum atomic E-state index is -4.17. The fraction of sp³-hybridized carbons (Fsp3) is 0.200. The number of benzene rings is 1. The Kier molecular flexibility index (Phi) is 4.38. The third kappa shape index (κ3) is 3.04. The zero-order valence-corrected chi connectivity index (χ0v) is 9.88. The van der Waals surface area contributed by atoms with Gasteiger partial charge in [0.05, 0.1) is 17.1 Å². The molecule has 0 aromatic heterocycles. The van der Waals surface area contributed by atoms with E-state index >= 15 is 0 Å². The van der Waals surface area contributed by atoms with Crippen molar-refractivity contribution in [2.45, 2.75) is 10.9 Å². The number of hydrogen-bond acceptors (Lipinski definition) is 5. The van der Waals surface area contributed by atoms with Crippen LogP contribution in [0, 0.1) is 11.3 Å². The van der Waals surface area contributed by atoms with Gasteiger partial charge in [-0.3, -0.25) is 4.79 Å². The summed E-state index contributed by atoms with van der Waals surface area (Å²) >= 11 is 0. The Bertz CT molecular complexity index is 591. The molecule has 0 radical (unpaired) electrons. The first-order valence-electron chi connectivity index (χ1n) is 4.77. The van der Waals surface area contributed by atoms with Crippen LogP contribution in [0.25, 0.3) is 0 Å². The number of carboxylic acid groups (broad SMARTS) is 1. The van der Waals surface area contributed by atoms with Gasteiger partial charge in [0.15, 0.2) is 0 Å². The van der Waals surface area contributed by atoms with E-state index < -0.39 is 28.6 Å². The largest absolute Gasteiger partial charge is 0.480 e. The first kappa shape index (κ1) is 14.1. The van der Waals surface area contributed by atoms with E-state index in [0.29, 0.717) is 0 Å². The standard InChI is InChI=1S/C10H10N2O5S/c11-5-7-3-1-2-4-9(7)18(16,17)12-8(6-13)10(14)15/h1-4,8,12-13H,6H2,(H,14,15)/t8-/m1/s1. The molecule has 7 nitrogen and oxygen atoms in total. The van der Waals surface area contributed by atoms with Crippen molar-refractivity contribution in [2.24, 2.45) is 0 Å². The second-order valence-electron chi connectivity index (χ2n) is 3.30. The molecule has 0 amide bonds. The normalized spacial score (nSPS) is 12.7. The molecule has 1 atom stereocenters. The number of hydrogen-bond donors (Lipinski definition) is 3. The van der Waals surface area contributed by atoms with Gasteiger partial charge in [0.1, 0.15) is 12.1 Å². The van der Waals surface area contributed by atoms with E-state index in [9.17, 15) is 13.2 Å². The number of carbonyl (C=O) groups is 1. The van der Waals surface area contributed by atoms with Crippen molar-refractivity contribution in [3.05, 3.63) is 29.8 Å². The minimum absolute atomic E-state index is 0.105. The average Bonchev–Trinajstić information content (AvgIpc) is 2.35. The summed E-state index contributed by atoms with van der Waals surface area (Å²) in [5.41, 5.74) is -0.105. The maximum atomic E-state index is 11.8. The van der Waals surface area contributed by atoms with Crippen LogP contribution in [0.5, 0.6) is 0 Å². The highest BCUT2D eigenvalue weighted by Gasteiger charge is 2.26. The molecule has 0 aliphatic carbocycles. The topological polar surface area (TPSA) is 127 Å². The molecule has 96 valence electrons. The minimum Gasteiger partial charge on any atom is -0.480 e. The molecule has 0 saturated carbocycles. The van der Waals surface area contributed by atoms with Gasteiger partial charge in [0.2, 0.25) is 10.0 Å². The van der Waals surface area contributed by atoms with E-state index in [0.717, 1.165) is 0 Å². The fourth-order valence-electron chi connectivity index (χ4n) is 1.21. The molecule has 0 aliphatic heterocycles. The van der Waals surface area contributed by atoms with Crippen LogP contribution in [0.2, 0.25) is 0 Å². The monoisotopic (exact) mass is 270 g/mol. The van der Waals surface area contributed by atoms with Crippen LogP contribution in [0.3, 0.4) is 0 Å². The highest BCUT2D eigenvalue weighted by molar-refractivity contribution is 7.89. The zero-order valence-electron chi connectivity index (χ0n) is 9.07. The van der Waals surface area contributed by atoms with E-state index in [1.54, 1.807) is 10.8 Å². The molecule has 0 spiro atoms. The summed E-state index contributed by atoms with van der Waals surface area (Å²) < 4.78 is 25.5. The number of nitrogens with one attached hydrogen (secondary N) is 1. The van der Waals surface area contributed by atoms with Crippen molar-refractivity contribution >= 4 is 16.0 Å². The molecule has 0 bridgehead atoms. The van der Waals surface area contributed by atoms with E-state index in [1.165, 1.54) is 24.3 Å². The van der Waals surface area contributed by atoms with Crippen LogP contribution in [0.1, 0.15) is 5.56 Å².